The number of carbonyl (C=O) groups is 1. The third-order valence-corrected chi connectivity index (χ3v) is 2.38. The highest BCUT2D eigenvalue weighted by Crippen LogP contribution is 2.10. The molecular formula is C12H19NO3. The molecule has 1 aromatic rings. The van der Waals surface area contributed by atoms with Gasteiger partial charge < -0.3 is 14.8 Å². The normalized spacial score (nSPS) is 12.8. The van der Waals surface area contributed by atoms with Crippen LogP contribution in [0.15, 0.2) is 16.7 Å². The van der Waals surface area contributed by atoms with E-state index in [4.69, 9.17) is 9.52 Å². The van der Waals surface area contributed by atoms with Crippen molar-refractivity contribution in [1.29, 1.82) is 0 Å². The van der Waals surface area contributed by atoms with Gasteiger partial charge in [-0.2, -0.15) is 0 Å². The summed E-state index contributed by atoms with van der Waals surface area (Å²) in [6.07, 6.45) is 2.24. The highest BCUT2D eigenvalue weighted by atomic mass is 16.3. The highest BCUT2D eigenvalue weighted by molar-refractivity contribution is 5.92. The molecule has 0 aliphatic rings. The first-order valence-electron chi connectivity index (χ1n) is 5.50. The number of aliphatic hydroxyl groups is 1. The predicted octanol–water partition coefficient (Wildman–Crippen LogP) is 1.72. The van der Waals surface area contributed by atoms with Gasteiger partial charge in [0.25, 0.3) is 5.91 Å². The Kier molecular flexibility index (Phi) is 4.55. The summed E-state index contributed by atoms with van der Waals surface area (Å²) in [5, 5.41) is 11.9. The number of aliphatic hydroxyl groups excluding tert-OH is 1. The average Bonchev–Trinajstić information content (AvgIpc) is 2.62. The van der Waals surface area contributed by atoms with Crippen molar-refractivity contribution in [3.63, 3.8) is 0 Å². The standard InChI is InChI=1S/C12H19NO3/c1-8(2)6-10(7-14)13-12(15)11-9(3)4-5-16-11/h4-5,8,10,14H,6-7H2,1-3H3,(H,13,15). The fourth-order valence-corrected chi connectivity index (χ4v) is 1.60. The Bertz CT molecular complexity index is 344. The summed E-state index contributed by atoms with van der Waals surface area (Å²) in [6, 6.07) is 1.53. The topological polar surface area (TPSA) is 62.5 Å². The molecule has 1 heterocycles. The van der Waals surface area contributed by atoms with Crippen LogP contribution in [-0.4, -0.2) is 23.7 Å². The molecular weight excluding hydrogens is 206 g/mol. The van der Waals surface area contributed by atoms with Gasteiger partial charge >= 0.3 is 0 Å². The van der Waals surface area contributed by atoms with Crippen LogP contribution in [0.1, 0.15) is 36.4 Å². The molecule has 0 aliphatic heterocycles. The van der Waals surface area contributed by atoms with Crippen molar-refractivity contribution in [2.45, 2.75) is 33.2 Å². The monoisotopic (exact) mass is 225 g/mol. The minimum absolute atomic E-state index is 0.0519. The van der Waals surface area contributed by atoms with Crippen molar-refractivity contribution >= 4 is 5.91 Å². The molecule has 0 radical (unpaired) electrons. The molecule has 0 aliphatic carbocycles. The molecule has 1 unspecified atom stereocenters. The Morgan fingerprint density at radius 1 is 1.56 bits per heavy atom. The van der Waals surface area contributed by atoms with Gasteiger partial charge in [0.2, 0.25) is 0 Å². The van der Waals surface area contributed by atoms with Gasteiger partial charge in [-0.3, -0.25) is 4.79 Å². The van der Waals surface area contributed by atoms with E-state index in [2.05, 4.69) is 5.32 Å². The van der Waals surface area contributed by atoms with Crippen LogP contribution in [0.5, 0.6) is 0 Å². The van der Waals surface area contributed by atoms with E-state index in [9.17, 15) is 4.79 Å². The molecule has 2 N–H and O–H groups in total. The second-order valence-electron chi connectivity index (χ2n) is 4.42. The van der Waals surface area contributed by atoms with Gasteiger partial charge in [-0.1, -0.05) is 13.8 Å². The first-order chi connectivity index (χ1) is 7.54. The van der Waals surface area contributed by atoms with Crippen molar-refractivity contribution < 1.29 is 14.3 Å². The van der Waals surface area contributed by atoms with Gasteiger partial charge in [-0.05, 0) is 25.3 Å². The number of carbonyl (C=O) groups excluding carboxylic acids is 1. The number of rotatable bonds is 5. The zero-order chi connectivity index (χ0) is 12.1. The Morgan fingerprint density at radius 2 is 2.25 bits per heavy atom. The molecule has 0 saturated heterocycles. The molecule has 1 aromatic heterocycles. The van der Waals surface area contributed by atoms with E-state index in [1.165, 1.54) is 6.26 Å². The lowest BCUT2D eigenvalue weighted by molar-refractivity contribution is 0.0879. The predicted molar refractivity (Wildman–Crippen MR) is 61.2 cm³/mol. The average molecular weight is 225 g/mol. The van der Waals surface area contributed by atoms with Crippen LogP contribution in [0, 0.1) is 12.8 Å². The van der Waals surface area contributed by atoms with Crippen molar-refractivity contribution in [2.75, 3.05) is 6.61 Å². The number of furan rings is 1. The second kappa shape index (κ2) is 5.70. The van der Waals surface area contributed by atoms with Crippen molar-refractivity contribution in [3.05, 3.63) is 23.7 Å². The van der Waals surface area contributed by atoms with Crippen molar-refractivity contribution in [1.82, 2.24) is 5.32 Å². The van der Waals surface area contributed by atoms with E-state index in [1.54, 1.807) is 6.07 Å². The van der Waals surface area contributed by atoms with E-state index in [1.807, 2.05) is 20.8 Å². The van der Waals surface area contributed by atoms with Crippen LogP contribution < -0.4 is 5.32 Å². The third kappa shape index (κ3) is 3.38. The van der Waals surface area contributed by atoms with Crippen LogP contribution in [0.4, 0.5) is 0 Å². The third-order valence-electron chi connectivity index (χ3n) is 2.38. The van der Waals surface area contributed by atoms with Crippen LogP contribution in [0.25, 0.3) is 0 Å². The molecule has 90 valence electrons. The van der Waals surface area contributed by atoms with Crippen molar-refractivity contribution in [2.24, 2.45) is 5.92 Å². The molecule has 0 spiro atoms. The first kappa shape index (κ1) is 12.8. The summed E-state index contributed by atoms with van der Waals surface area (Å²) in [6.45, 7) is 5.86. The van der Waals surface area contributed by atoms with Crippen molar-refractivity contribution in [3.8, 4) is 0 Å². The fourth-order valence-electron chi connectivity index (χ4n) is 1.60. The number of nitrogens with one attached hydrogen (secondary N) is 1. The minimum Gasteiger partial charge on any atom is -0.459 e. The van der Waals surface area contributed by atoms with Gasteiger partial charge in [0.15, 0.2) is 5.76 Å². The maximum absolute atomic E-state index is 11.8. The molecule has 1 atom stereocenters. The summed E-state index contributed by atoms with van der Waals surface area (Å²) < 4.78 is 5.08. The lowest BCUT2D eigenvalue weighted by Gasteiger charge is -2.17. The summed E-state index contributed by atoms with van der Waals surface area (Å²) in [7, 11) is 0. The van der Waals surface area contributed by atoms with Crippen LogP contribution >= 0.6 is 0 Å². The molecule has 4 nitrogen and oxygen atoms in total. The molecule has 16 heavy (non-hydrogen) atoms. The maximum Gasteiger partial charge on any atom is 0.287 e. The molecule has 1 amide bonds. The van der Waals surface area contributed by atoms with Gasteiger partial charge in [0.1, 0.15) is 0 Å². The lowest BCUT2D eigenvalue weighted by Crippen LogP contribution is -2.38. The van der Waals surface area contributed by atoms with Crippen LogP contribution in [0.2, 0.25) is 0 Å². The Balaban J connectivity index is 2.59. The van der Waals surface area contributed by atoms with E-state index < -0.39 is 0 Å². The smallest absolute Gasteiger partial charge is 0.287 e. The van der Waals surface area contributed by atoms with E-state index >= 15 is 0 Å². The van der Waals surface area contributed by atoms with Crippen LogP contribution in [-0.2, 0) is 0 Å². The second-order valence-corrected chi connectivity index (χ2v) is 4.42. The summed E-state index contributed by atoms with van der Waals surface area (Å²) in [5.41, 5.74) is 0.804. The van der Waals surface area contributed by atoms with Gasteiger partial charge in [0.05, 0.1) is 18.9 Å². The van der Waals surface area contributed by atoms with Gasteiger partial charge in [-0.25, -0.2) is 0 Å². The van der Waals surface area contributed by atoms with E-state index in [-0.39, 0.29) is 18.6 Å². The maximum atomic E-state index is 11.8. The number of hydrogen-bond acceptors (Lipinski definition) is 3. The fraction of sp³-hybridized carbons (Fsp3) is 0.583. The lowest BCUT2D eigenvalue weighted by atomic mass is 10.0. The number of amides is 1. The molecule has 1 rings (SSSR count). The van der Waals surface area contributed by atoms with Gasteiger partial charge in [0, 0.05) is 5.56 Å². The van der Waals surface area contributed by atoms with E-state index in [0.717, 1.165) is 12.0 Å². The number of hydrogen-bond donors (Lipinski definition) is 2. The van der Waals surface area contributed by atoms with E-state index in [0.29, 0.717) is 11.7 Å². The molecule has 0 saturated carbocycles. The Labute approximate surface area is 95.7 Å². The largest absolute Gasteiger partial charge is 0.459 e. The SMILES string of the molecule is Cc1ccoc1C(=O)NC(CO)CC(C)C. The highest BCUT2D eigenvalue weighted by Gasteiger charge is 2.17. The Morgan fingerprint density at radius 3 is 2.69 bits per heavy atom. The quantitative estimate of drug-likeness (QED) is 0.802. The molecule has 0 fully saturated rings. The summed E-state index contributed by atoms with van der Waals surface area (Å²) in [4.78, 5) is 11.8. The molecule has 0 bridgehead atoms. The Hall–Kier alpha value is -1.29. The van der Waals surface area contributed by atoms with Crippen LogP contribution in [0.3, 0.4) is 0 Å². The first-order valence-corrected chi connectivity index (χ1v) is 5.50. The molecule has 4 heteroatoms. The summed E-state index contributed by atoms with van der Waals surface area (Å²) >= 11 is 0. The summed E-state index contributed by atoms with van der Waals surface area (Å²) in [5.74, 6) is 0.486. The minimum atomic E-state index is -0.262. The zero-order valence-corrected chi connectivity index (χ0v) is 9.99. The number of aryl methyl sites for hydroxylation is 1. The molecule has 0 aromatic carbocycles. The van der Waals surface area contributed by atoms with Gasteiger partial charge in [-0.15, -0.1) is 0 Å². The zero-order valence-electron chi connectivity index (χ0n) is 9.99.